The van der Waals surface area contributed by atoms with Gasteiger partial charge in [-0.05, 0) is 14.1 Å². The smallest absolute Gasteiger partial charge is 0.242 e. The Balaban J connectivity index is 2.32. The lowest BCUT2D eigenvalue weighted by Crippen LogP contribution is -2.54. The number of nitrogens with one attached hydrogen (secondary N) is 1. The van der Waals surface area contributed by atoms with Crippen LogP contribution >= 0.6 is 0 Å². The molecule has 0 unspecified atom stereocenters. The van der Waals surface area contributed by atoms with Gasteiger partial charge in [-0.25, -0.2) is 0 Å². The molecule has 3 N–H and O–H groups in total. The van der Waals surface area contributed by atoms with E-state index in [4.69, 9.17) is 5.73 Å². The largest absolute Gasteiger partial charge is 0.346 e. The average Bonchev–Trinajstić information content (AvgIpc) is 2.43. The predicted molar refractivity (Wildman–Crippen MR) is 73.8 cm³/mol. The van der Waals surface area contributed by atoms with Crippen LogP contribution in [-0.2, 0) is 14.4 Å². The van der Waals surface area contributed by atoms with Crippen LogP contribution in [0.4, 0.5) is 0 Å². The van der Waals surface area contributed by atoms with Crippen LogP contribution in [0.2, 0.25) is 0 Å². The third-order valence-electron chi connectivity index (χ3n) is 3.06. The van der Waals surface area contributed by atoms with Crippen molar-refractivity contribution in [2.45, 2.75) is 0 Å². The number of nitrogens with zero attached hydrogens (tertiary/aromatic N) is 3. The number of carbonyl (C=O) groups excluding carboxylic acids is 3. The fourth-order valence-electron chi connectivity index (χ4n) is 1.93. The molecule has 0 aromatic heterocycles. The first-order chi connectivity index (χ1) is 9.43. The summed E-state index contributed by atoms with van der Waals surface area (Å²) in [4.78, 5) is 39.9. The first kappa shape index (κ1) is 16.4. The molecule has 3 amide bonds. The van der Waals surface area contributed by atoms with Crippen LogP contribution in [0, 0.1) is 0 Å². The molecule has 8 nitrogen and oxygen atoms in total. The third kappa shape index (κ3) is 5.14. The predicted octanol–water partition coefficient (Wildman–Crippen LogP) is -2.71. The van der Waals surface area contributed by atoms with Crippen molar-refractivity contribution in [2.24, 2.45) is 5.73 Å². The average molecular weight is 285 g/mol. The van der Waals surface area contributed by atoms with Crippen LogP contribution in [-0.4, -0.2) is 92.3 Å². The van der Waals surface area contributed by atoms with Crippen molar-refractivity contribution in [3.8, 4) is 0 Å². The lowest BCUT2D eigenvalue weighted by molar-refractivity contribution is -0.139. The molecular weight excluding hydrogens is 262 g/mol. The summed E-state index contributed by atoms with van der Waals surface area (Å²) in [6.07, 6.45) is 0. The summed E-state index contributed by atoms with van der Waals surface area (Å²) in [5.41, 5.74) is 5.14. The number of rotatable bonds is 5. The summed E-state index contributed by atoms with van der Waals surface area (Å²) < 4.78 is 0. The molecule has 1 saturated heterocycles. The maximum atomic E-state index is 11.8. The molecule has 1 fully saturated rings. The number of likely N-dealkylation sites (N-methyl/N-ethyl adjacent to an activating group) is 1. The Hall–Kier alpha value is -1.67. The molecule has 1 aliphatic rings. The van der Waals surface area contributed by atoms with Gasteiger partial charge in [-0.3, -0.25) is 14.4 Å². The first-order valence-corrected chi connectivity index (χ1v) is 6.61. The monoisotopic (exact) mass is 285 g/mol. The maximum absolute atomic E-state index is 11.8. The molecule has 20 heavy (non-hydrogen) atoms. The van der Waals surface area contributed by atoms with E-state index < -0.39 is 0 Å². The van der Waals surface area contributed by atoms with Crippen molar-refractivity contribution in [1.82, 2.24) is 20.0 Å². The lowest BCUT2D eigenvalue weighted by Gasteiger charge is -2.35. The first-order valence-electron chi connectivity index (χ1n) is 6.61. The van der Waals surface area contributed by atoms with Crippen LogP contribution in [0.15, 0.2) is 0 Å². The third-order valence-corrected chi connectivity index (χ3v) is 3.06. The van der Waals surface area contributed by atoms with Gasteiger partial charge in [0.25, 0.3) is 0 Å². The topological polar surface area (TPSA) is 99.0 Å². The molecule has 1 heterocycles. The van der Waals surface area contributed by atoms with Gasteiger partial charge in [0.05, 0.1) is 19.6 Å². The van der Waals surface area contributed by atoms with Crippen molar-refractivity contribution < 1.29 is 14.4 Å². The van der Waals surface area contributed by atoms with E-state index in [9.17, 15) is 14.4 Å². The zero-order valence-electron chi connectivity index (χ0n) is 12.1. The Morgan fingerprint density at radius 2 is 1.55 bits per heavy atom. The normalized spacial score (nSPS) is 15.4. The molecule has 0 aromatic rings. The molecule has 1 rings (SSSR count). The van der Waals surface area contributed by atoms with Crippen molar-refractivity contribution >= 4 is 17.7 Å². The van der Waals surface area contributed by atoms with E-state index in [0.29, 0.717) is 32.7 Å². The summed E-state index contributed by atoms with van der Waals surface area (Å²) in [6.45, 7) is 2.27. The van der Waals surface area contributed by atoms with Gasteiger partial charge in [-0.2, -0.15) is 0 Å². The molecule has 114 valence electrons. The van der Waals surface area contributed by atoms with Gasteiger partial charge in [0.2, 0.25) is 17.7 Å². The minimum Gasteiger partial charge on any atom is -0.346 e. The van der Waals surface area contributed by atoms with Crippen LogP contribution in [0.3, 0.4) is 0 Å². The summed E-state index contributed by atoms with van der Waals surface area (Å²) >= 11 is 0. The second-order valence-corrected chi connectivity index (χ2v) is 4.98. The number of amides is 3. The van der Waals surface area contributed by atoms with Crippen LogP contribution in [0.25, 0.3) is 0 Å². The van der Waals surface area contributed by atoms with Gasteiger partial charge in [0.1, 0.15) is 0 Å². The number of hydrogen-bond donors (Lipinski definition) is 2. The van der Waals surface area contributed by atoms with Gasteiger partial charge >= 0.3 is 0 Å². The molecule has 0 atom stereocenters. The number of hydrogen-bond acceptors (Lipinski definition) is 5. The van der Waals surface area contributed by atoms with E-state index in [-0.39, 0.29) is 30.8 Å². The van der Waals surface area contributed by atoms with Crippen LogP contribution in [0.1, 0.15) is 0 Å². The molecule has 1 aliphatic heterocycles. The van der Waals surface area contributed by atoms with E-state index in [1.807, 2.05) is 19.0 Å². The van der Waals surface area contributed by atoms with E-state index in [2.05, 4.69) is 5.32 Å². The highest BCUT2D eigenvalue weighted by atomic mass is 16.2. The molecular formula is C12H23N5O3. The molecule has 0 bridgehead atoms. The number of piperazine rings is 1. The van der Waals surface area contributed by atoms with E-state index in [1.165, 1.54) is 0 Å². The zero-order valence-corrected chi connectivity index (χ0v) is 12.1. The van der Waals surface area contributed by atoms with Crippen molar-refractivity contribution in [3.63, 3.8) is 0 Å². The molecule has 0 aliphatic carbocycles. The minimum absolute atomic E-state index is 0.0400. The quantitative estimate of drug-likeness (QED) is 0.572. The van der Waals surface area contributed by atoms with Crippen LogP contribution in [0.5, 0.6) is 0 Å². The maximum Gasteiger partial charge on any atom is 0.242 e. The minimum atomic E-state index is -0.349. The van der Waals surface area contributed by atoms with E-state index in [0.717, 1.165) is 0 Å². The Morgan fingerprint density at radius 1 is 1.05 bits per heavy atom. The summed E-state index contributed by atoms with van der Waals surface area (Å²) in [5.74, 6) is -0.428. The standard InChI is InChI=1S/C12H23N5O3/c1-15(2)9-12(20)17-5-3-16(4-6-17)11(19)8-14-10(18)7-13/h3-9,13H2,1-2H3,(H,14,18). The van der Waals surface area contributed by atoms with Gasteiger partial charge in [-0.1, -0.05) is 0 Å². The highest BCUT2D eigenvalue weighted by Gasteiger charge is 2.24. The second kappa shape index (κ2) is 7.81. The van der Waals surface area contributed by atoms with Gasteiger partial charge < -0.3 is 25.8 Å². The van der Waals surface area contributed by atoms with Crippen molar-refractivity contribution in [2.75, 3.05) is 59.9 Å². The molecule has 0 radical (unpaired) electrons. The highest BCUT2D eigenvalue weighted by molar-refractivity contribution is 5.85. The van der Waals surface area contributed by atoms with Crippen molar-refractivity contribution in [3.05, 3.63) is 0 Å². The van der Waals surface area contributed by atoms with Crippen molar-refractivity contribution in [1.29, 1.82) is 0 Å². The number of carbonyl (C=O) groups is 3. The SMILES string of the molecule is CN(C)CC(=O)N1CCN(C(=O)CNC(=O)CN)CC1. The summed E-state index contributed by atoms with van der Waals surface area (Å²) in [7, 11) is 3.69. The second-order valence-electron chi connectivity index (χ2n) is 4.98. The Kier molecular flexibility index (Phi) is 6.40. The summed E-state index contributed by atoms with van der Waals surface area (Å²) in [5, 5.41) is 2.45. The highest BCUT2D eigenvalue weighted by Crippen LogP contribution is 2.02. The molecule has 0 aromatic carbocycles. The van der Waals surface area contributed by atoms with Gasteiger partial charge in [0, 0.05) is 26.2 Å². The fraction of sp³-hybridized carbons (Fsp3) is 0.750. The zero-order chi connectivity index (χ0) is 15.1. The fourth-order valence-corrected chi connectivity index (χ4v) is 1.93. The molecule has 8 heteroatoms. The lowest BCUT2D eigenvalue weighted by atomic mass is 10.3. The number of nitrogens with two attached hydrogens (primary N) is 1. The molecule has 0 saturated carbocycles. The Morgan fingerprint density at radius 3 is 2.00 bits per heavy atom. The Bertz CT molecular complexity index is 364. The van der Waals surface area contributed by atoms with Gasteiger partial charge in [0.15, 0.2) is 0 Å². The van der Waals surface area contributed by atoms with E-state index >= 15 is 0 Å². The Labute approximate surface area is 118 Å². The summed E-state index contributed by atoms with van der Waals surface area (Å²) in [6, 6.07) is 0. The van der Waals surface area contributed by atoms with E-state index in [1.54, 1.807) is 9.80 Å². The van der Waals surface area contributed by atoms with Gasteiger partial charge in [-0.15, -0.1) is 0 Å². The molecule has 0 spiro atoms. The van der Waals surface area contributed by atoms with Crippen LogP contribution < -0.4 is 11.1 Å².